The summed E-state index contributed by atoms with van der Waals surface area (Å²) < 4.78 is 21.2. The van der Waals surface area contributed by atoms with E-state index < -0.39 is 5.67 Å². The van der Waals surface area contributed by atoms with Gasteiger partial charge in [-0.25, -0.2) is 19.2 Å². The lowest BCUT2D eigenvalue weighted by Gasteiger charge is -2.66. The van der Waals surface area contributed by atoms with Crippen molar-refractivity contribution in [2.24, 2.45) is 5.41 Å². The first-order valence-electron chi connectivity index (χ1n) is 11.7. The molecular weight excluding hydrogens is 421 g/mol. The van der Waals surface area contributed by atoms with Gasteiger partial charge in [-0.15, -0.1) is 0 Å². The summed E-state index contributed by atoms with van der Waals surface area (Å²) in [5.74, 6) is 0.322. The number of alkyl halides is 1. The number of pyridine rings is 2. The fraction of sp³-hybridized carbons (Fsp3) is 0.480. The zero-order valence-electron chi connectivity index (χ0n) is 18.6. The lowest BCUT2D eigenvalue weighted by Crippen LogP contribution is -2.67. The zero-order valence-corrected chi connectivity index (χ0v) is 18.6. The molecule has 3 saturated carbocycles. The Hall–Kier alpha value is -3.00. The van der Waals surface area contributed by atoms with Gasteiger partial charge in [0, 0.05) is 44.8 Å². The standard InChI is InChI=1S/C25H28FN5O2/c26-25-14-24(15-25,16-25)17-27-10-18-5-6-21-29-19(12-31(21)11-18)13-33-23(32)20-4-3-7-28-22(20)30-8-1-2-9-30/h3-7,11-12,27H,1-2,8-10,13-17H2. The van der Waals surface area contributed by atoms with Gasteiger partial charge in [0.15, 0.2) is 0 Å². The molecule has 1 aliphatic heterocycles. The van der Waals surface area contributed by atoms with E-state index in [1.807, 2.05) is 28.9 Å². The molecule has 3 aromatic heterocycles. The third-order valence-corrected chi connectivity index (χ3v) is 7.23. The summed E-state index contributed by atoms with van der Waals surface area (Å²) in [5, 5.41) is 3.48. The second-order valence-corrected chi connectivity index (χ2v) is 9.96. The molecule has 3 aromatic rings. The van der Waals surface area contributed by atoms with E-state index >= 15 is 0 Å². The molecule has 0 spiro atoms. The third-order valence-electron chi connectivity index (χ3n) is 7.23. The number of halogens is 1. The van der Waals surface area contributed by atoms with E-state index in [1.165, 1.54) is 0 Å². The average molecular weight is 450 g/mol. The minimum atomic E-state index is -0.843. The van der Waals surface area contributed by atoms with Crippen LogP contribution in [0.15, 0.2) is 42.9 Å². The first kappa shape index (κ1) is 20.6. The van der Waals surface area contributed by atoms with Crippen LogP contribution in [-0.2, 0) is 17.9 Å². The van der Waals surface area contributed by atoms with Crippen LogP contribution >= 0.6 is 0 Å². The van der Waals surface area contributed by atoms with Crippen molar-refractivity contribution >= 4 is 17.4 Å². The molecular formula is C25H28FN5O2. The monoisotopic (exact) mass is 449 g/mol. The minimum Gasteiger partial charge on any atom is -0.455 e. The summed E-state index contributed by atoms with van der Waals surface area (Å²) in [6, 6.07) is 7.54. The van der Waals surface area contributed by atoms with Gasteiger partial charge >= 0.3 is 5.97 Å². The highest BCUT2D eigenvalue weighted by molar-refractivity contribution is 5.94. The Morgan fingerprint density at radius 3 is 2.76 bits per heavy atom. The van der Waals surface area contributed by atoms with E-state index in [9.17, 15) is 9.18 Å². The van der Waals surface area contributed by atoms with Gasteiger partial charge in [-0.3, -0.25) is 0 Å². The van der Waals surface area contributed by atoms with Crippen LogP contribution in [0.2, 0.25) is 0 Å². The Labute approximate surface area is 192 Å². The predicted molar refractivity (Wildman–Crippen MR) is 122 cm³/mol. The molecule has 0 unspecified atom stereocenters. The maximum Gasteiger partial charge on any atom is 0.342 e. The normalized spacial score (nSPS) is 25.7. The van der Waals surface area contributed by atoms with Crippen molar-refractivity contribution in [2.75, 3.05) is 24.5 Å². The number of nitrogens with one attached hydrogen (secondary N) is 1. The Bertz CT molecular complexity index is 1180. The molecule has 4 heterocycles. The highest BCUT2D eigenvalue weighted by Gasteiger charge is 2.68. The molecule has 4 aliphatic rings. The number of nitrogens with zero attached hydrogens (tertiary/aromatic N) is 4. The number of ether oxygens (including phenoxy) is 1. The summed E-state index contributed by atoms with van der Waals surface area (Å²) >= 11 is 0. The van der Waals surface area contributed by atoms with Gasteiger partial charge in [0.25, 0.3) is 0 Å². The first-order valence-corrected chi connectivity index (χ1v) is 11.7. The fourth-order valence-electron chi connectivity index (χ4n) is 5.74. The summed E-state index contributed by atoms with van der Waals surface area (Å²) in [5.41, 5.74) is 2.50. The van der Waals surface area contributed by atoms with Gasteiger partial charge in [-0.05, 0) is 61.3 Å². The molecule has 7 nitrogen and oxygen atoms in total. The Kier molecular flexibility index (Phi) is 4.87. The molecule has 0 atom stereocenters. The van der Waals surface area contributed by atoms with Crippen molar-refractivity contribution in [3.05, 3.63) is 59.7 Å². The second kappa shape index (κ2) is 7.80. The van der Waals surface area contributed by atoms with Gasteiger partial charge < -0.3 is 19.4 Å². The number of hydrogen-bond acceptors (Lipinski definition) is 6. The molecule has 7 rings (SSSR count). The number of carbonyl (C=O) groups is 1. The molecule has 0 radical (unpaired) electrons. The van der Waals surface area contributed by atoms with Crippen molar-refractivity contribution < 1.29 is 13.9 Å². The van der Waals surface area contributed by atoms with E-state index in [0.717, 1.165) is 50.2 Å². The average Bonchev–Trinajstić information content (AvgIpc) is 3.45. The van der Waals surface area contributed by atoms with Crippen molar-refractivity contribution in [2.45, 2.75) is 50.9 Å². The summed E-state index contributed by atoms with van der Waals surface area (Å²) in [6.45, 7) is 3.54. The van der Waals surface area contributed by atoms with Crippen molar-refractivity contribution in [3.63, 3.8) is 0 Å². The Morgan fingerprint density at radius 1 is 1.15 bits per heavy atom. The molecule has 33 heavy (non-hydrogen) atoms. The van der Waals surface area contributed by atoms with Crippen LogP contribution < -0.4 is 10.2 Å². The van der Waals surface area contributed by atoms with Crippen molar-refractivity contribution in [1.82, 2.24) is 19.7 Å². The molecule has 172 valence electrons. The molecule has 0 amide bonds. The topological polar surface area (TPSA) is 71.8 Å². The van der Waals surface area contributed by atoms with Crippen LogP contribution in [0.5, 0.6) is 0 Å². The smallest absolute Gasteiger partial charge is 0.342 e. The van der Waals surface area contributed by atoms with E-state index in [0.29, 0.717) is 36.3 Å². The van der Waals surface area contributed by atoms with Crippen molar-refractivity contribution in [3.8, 4) is 0 Å². The van der Waals surface area contributed by atoms with Gasteiger partial charge in [0.1, 0.15) is 29.3 Å². The number of fused-ring (bicyclic) bond motifs is 1. The van der Waals surface area contributed by atoms with E-state index in [4.69, 9.17) is 4.74 Å². The SMILES string of the molecule is O=C(OCc1cn2cc(CNCC34CC(F)(C3)C4)ccc2n1)c1cccnc1N1CCCC1. The molecule has 1 saturated heterocycles. The van der Waals surface area contributed by atoms with Gasteiger partial charge in [-0.1, -0.05) is 6.07 Å². The van der Waals surface area contributed by atoms with Gasteiger partial charge in [0.2, 0.25) is 0 Å². The maximum atomic E-state index is 13.7. The first-order chi connectivity index (χ1) is 16.0. The van der Waals surface area contributed by atoms with Gasteiger partial charge in [0.05, 0.1) is 5.69 Å². The van der Waals surface area contributed by atoms with Crippen LogP contribution in [0.1, 0.15) is 53.7 Å². The molecule has 1 N–H and O–H groups in total. The molecule has 8 heteroatoms. The number of aromatic nitrogens is 3. The minimum absolute atomic E-state index is 0.107. The highest BCUT2D eigenvalue weighted by atomic mass is 19.1. The van der Waals surface area contributed by atoms with Crippen LogP contribution in [0.25, 0.3) is 5.65 Å². The number of carbonyl (C=O) groups excluding carboxylic acids is 1. The van der Waals surface area contributed by atoms with E-state index in [2.05, 4.69) is 20.2 Å². The number of imidazole rings is 1. The van der Waals surface area contributed by atoms with Crippen LogP contribution in [0.3, 0.4) is 0 Å². The van der Waals surface area contributed by atoms with Crippen molar-refractivity contribution in [1.29, 1.82) is 0 Å². The molecule has 4 fully saturated rings. The number of esters is 1. The van der Waals surface area contributed by atoms with E-state index in [1.54, 1.807) is 18.3 Å². The fourth-order valence-corrected chi connectivity index (χ4v) is 5.74. The summed E-state index contributed by atoms with van der Waals surface area (Å²) in [7, 11) is 0. The van der Waals surface area contributed by atoms with Crippen LogP contribution in [-0.4, -0.2) is 45.6 Å². The predicted octanol–water partition coefficient (Wildman–Crippen LogP) is 3.67. The largest absolute Gasteiger partial charge is 0.455 e. The number of hydrogen-bond donors (Lipinski definition) is 1. The molecule has 3 aliphatic carbocycles. The maximum absolute atomic E-state index is 13.7. The van der Waals surface area contributed by atoms with Gasteiger partial charge in [-0.2, -0.15) is 0 Å². The Balaban J connectivity index is 1.07. The highest BCUT2D eigenvalue weighted by Crippen LogP contribution is 2.69. The molecule has 2 bridgehead atoms. The Morgan fingerprint density at radius 2 is 1.97 bits per heavy atom. The summed E-state index contributed by atoms with van der Waals surface area (Å²) in [6.07, 6.45) is 10.0. The summed E-state index contributed by atoms with van der Waals surface area (Å²) in [4.78, 5) is 23.9. The number of anilines is 1. The van der Waals surface area contributed by atoms with Crippen LogP contribution in [0, 0.1) is 5.41 Å². The van der Waals surface area contributed by atoms with Crippen LogP contribution in [0.4, 0.5) is 10.2 Å². The third kappa shape index (κ3) is 3.86. The second-order valence-electron chi connectivity index (χ2n) is 9.96. The van der Waals surface area contributed by atoms with E-state index in [-0.39, 0.29) is 18.0 Å². The lowest BCUT2D eigenvalue weighted by atomic mass is 9.42. The lowest BCUT2D eigenvalue weighted by molar-refractivity contribution is -0.209. The zero-order chi connectivity index (χ0) is 22.5. The quantitative estimate of drug-likeness (QED) is 0.529. The molecule has 0 aromatic carbocycles. The number of rotatable bonds is 8.